The van der Waals surface area contributed by atoms with E-state index in [1.54, 1.807) is 13.2 Å². The van der Waals surface area contributed by atoms with Crippen LogP contribution in [0.1, 0.15) is 72.6 Å². The van der Waals surface area contributed by atoms with Crippen LogP contribution >= 0.6 is 0 Å². The van der Waals surface area contributed by atoms with Crippen molar-refractivity contribution in [3.8, 4) is 0 Å². The fourth-order valence-electron chi connectivity index (χ4n) is 9.05. The lowest BCUT2D eigenvalue weighted by Gasteiger charge is -2.71. The van der Waals surface area contributed by atoms with Gasteiger partial charge < -0.3 is 18.9 Å². The second-order valence-corrected chi connectivity index (χ2v) is 12.6. The van der Waals surface area contributed by atoms with Crippen LogP contribution in [0.25, 0.3) is 0 Å². The van der Waals surface area contributed by atoms with Gasteiger partial charge in [0, 0.05) is 47.8 Å². The highest BCUT2D eigenvalue weighted by atomic mass is 16.7. The Labute approximate surface area is 213 Å². The topological polar surface area (TPSA) is 88.1 Å². The molecule has 2 bridgehead atoms. The standard InChI is InChI=1S/C29H40O7/c1-16-18-10-12-27(4)19(17-13-24(32)35-25(17)34-7)9-8-11-29(16,27)36-22-15-21(30)26(2,3)20(28(18,22)5)14-23(31)33-6/h13,18-20,22,25H,1,8-12,14-15H2,2-7H3/t18-,19+,20+,22+,25-,27+,28-,29+/m1/s1. The maximum atomic E-state index is 13.5. The van der Waals surface area contributed by atoms with Gasteiger partial charge in [0.1, 0.15) is 5.78 Å². The van der Waals surface area contributed by atoms with Gasteiger partial charge >= 0.3 is 11.9 Å². The summed E-state index contributed by atoms with van der Waals surface area (Å²) >= 11 is 0. The minimum absolute atomic E-state index is 0.0475. The molecule has 1 saturated heterocycles. The van der Waals surface area contributed by atoms with Crippen LogP contribution in [-0.4, -0.2) is 49.9 Å². The molecule has 2 heterocycles. The van der Waals surface area contributed by atoms with Crippen LogP contribution in [0.3, 0.4) is 0 Å². The lowest BCUT2D eigenvalue weighted by atomic mass is 9.40. The van der Waals surface area contributed by atoms with Gasteiger partial charge in [-0.25, -0.2) is 4.79 Å². The first-order valence-electron chi connectivity index (χ1n) is 13.3. The Morgan fingerprint density at radius 3 is 2.50 bits per heavy atom. The van der Waals surface area contributed by atoms with Crippen molar-refractivity contribution < 1.29 is 33.3 Å². The van der Waals surface area contributed by atoms with Crippen LogP contribution in [0.4, 0.5) is 0 Å². The normalized spacial score (nSPS) is 45.3. The van der Waals surface area contributed by atoms with E-state index in [9.17, 15) is 14.4 Å². The summed E-state index contributed by atoms with van der Waals surface area (Å²) in [5.41, 5.74) is -0.0309. The predicted octanol–water partition coefficient (Wildman–Crippen LogP) is 4.54. The fraction of sp³-hybridized carbons (Fsp3) is 0.759. The molecule has 5 rings (SSSR count). The summed E-state index contributed by atoms with van der Waals surface area (Å²) in [6.45, 7) is 13.1. The molecule has 3 aliphatic carbocycles. The number of fused-ring (bicyclic) bond motifs is 3. The molecule has 0 amide bonds. The van der Waals surface area contributed by atoms with Gasteiger partial charge in [0.25, 0.3) is 0 Å². The zero-order valence-electron chi connectivity index (χ0n) is 22.5. The number of hydrogen-bond donors (Lipinski definition) is 0. The molecule has 198 valence electrons. The largest absolute Gasteiger partial charge is 0.469 e. The Morgan fingerprint density at radius 2 is 1.83 bits per heavy atom. The van der Waals surface area contributed by atoms with E-state index in [0.29, 0.717) is 6.42 Å². The number of cyclic esters (lactones) is 1. The number of ether oxygens (including phenoxy) is 4. The summed E-state index contributed by atoms with van der Waals surface area (Å²) in [6, 6.07) is 0. The van der Waals surface area contributed by atoms with Crippen molar-refractivity contribution in [2.45, 2.75) is 90.6 Å². The van der Waals surface area contributed by atoms with Crippen molar-refractivity contribution in [1.29, 1.82) is 0 Å². The highest BCUT2D eigenvalue weighted by Gasteiger charge is 2.72. The Bertz CT molecular complexity index is 1040. The van der Waals surface area contributed by atoms with E-state index in [4.69, 9.17) is 25.5 Å². The van der Waals surface area contributed by atoms with Crippen molar-refractivity contribution in [2.75, 3.05) is 14.2 Å². The number of Topliss-reactive ketones (excluding diaryl/α,β-unsaturated/α-hetero) is 1. The molecule has 3 saturated carbocycles. The lowest BCUT2D eigenvalue weighted by molar-refractivity contribution is -0.284. The molecule has 2 aliphatic heterocycles. The van der Waals surface area contributed by atoms with Gasteiger partial charge in [0.15, 0.2) is 0 Å². The van der Waals surface area contributed by atoms with Gasteiger partial charge in [-0.3, -0.25) is 9.59 Å². The number of ketones is 1. The van der Waals surface area contributed by atoms with E-state index in [0.717, 1.165) is 43.3 Å². The van der Waals surface area contributed by atoms with E-state index in [1.165, 1.54) is 7.11 Å². The van der Waals surface area contributed by atoms with Gasteiger partial charge in [-0.1, -0.05) is 34.3 Å². The molecule has 5 aliphatic rings. The smallest absolute Gasteiger partial charge is 0.333 e. The third kappa shape index (κ3) is 3.14. The first-order valence-corrected chi connectivity index (χ1v) is 13.3. The van der Waals surface area contributed by atoms with Gasteiger partial charge in [-0.05, 0) is 55.4 Å². The van der Waals surface area contributed by atoms with Gasteiger partial charge in [0.2, 0.25) is 6.29 Å². The lowest BCUT2D eigenvalue weighted by Crippen LogP contribution is -2.72. The summed E-state index contributed by atoms with van der Waals surface area (Å²) < 4.78 is 23.2. The molecule has 0 radical (unpaired) electrons. The number of esters is 2. The number of rotatable bonds is 4. The van der Waals surface area contributed by atoms with Crippen LogP contribution in [0.15, 0.2) is 23.8 Å². The molecule has 0 aromatic carbocycles. The average molecular weight is 501 g/mol. The second-order valence-electron chi connectivity index (χ2n) is 12.6. The number of hydrogen-bond acceptors (Lipinski definition) is 7. The van der Waals surface area contributed by atoms with E-state index >= 15 is 0 Å². The molecule has 0 unspecified atom stereocenters. The zero-order chi connectivity index (χ0) is 26.3. The fourth-order valence-corrected chi connectivity index (χ4v) is 9.05. The first kappa shape index (κ1) is 25.7. The summed E-state index contributed by atoms with van der Waals surface area (Å²) in [7, 11) is 2.96. The van der Waals surface area contributed by atoms with Crippen LogP contribution in [0.2, 0.25) is 0 Å². The molecule has 8 atom stereocenters. The zero-order valence-corrected chi connectivity index (χ0v) is 22.5. The maximum absolute atomic E-state index is 13.5. The third-order valence-corrected chi connectivity index (χ3v) is 11.1. The highest BCUT2D eigenvalue weighted by Crippen LogP contribution is 2.72. The van der Waals surface area contributed by atoms with Crippen LogP contribution in [-0.2, 0) is 33.3 Å². The molecule has 0 N–H and O–H groups in total. The van der Waals surface area contributed by atoms with Crippen molar-refractivity contribution in [1.82, 2.24) is 0 Å². The van der Waals surface area contributed by atoms with Crippen molar-refractivity contribution in [3.63, 3.8) is 0 Å². The molecule has 36 heavy (non-hydrogen) atoms. The molecular formula is C29H40O7. The maximum Gasteiger partial charge on any atom is 0.333 e. The number of carbonyl (C=O) groups excluding carboxylic acids is 3. The molecule has 7 heteroatoms. The van der Waals surface area contributed by atoms with Gasteiger partial charge in [-0.15, -0.1) is 0 Å². The minimum atomic E-state index is -0.671. The van der Waals surface area contributed by atoms with Crippen molar-refractivity contribution >= 4 is 17.7 Å². The van der Waals surface area contributed by atoms with Crippen LogP contribution in [0, 0.1) is 34.0 Å². The summed E-state index contributed by atoms with van der Waals surface area (Å²) in [5.74, 6) is -0.573. The molecule has 7 nitrogen and oxygen atoms in total. The molecule has 4 fully saturated rings. The third-order valence-electron chi connectivity index (χ3n) is 11.1. The Kier molecular flexibility index (Phi) is 5.88. The van der Waals surface area contributed by atoms with E-state index in [2.05, 4.69) is 13.8 Å². The monoisotopic (exact) mass is 500 g/mol. The van der Waals surface area contributed by atoms with Crippen LogP contribution < -0.4 is 0 Å². The Morgan fingerprint density at radius 1 is 1.11 bits per heavy atom. The predicted molar refractivity (Wildman–Crippen MR) is 132 cm³/mol. The number of methoxy groups -OCH3 is 2. The molecule has 0 aromatic heterocycles. The SMILES string of the molecule is C=C1[C@H]2CC[C@@]3(C)[C@H](C4=CC(=O)O[C@H]4OC)CCC[C@]13O[C@H]1CC(=O)C(C)(C)[C@H](CC(=O)OC)[C@]12C. The van der Waals surface area contributed by atoms with Gasteiger partial charge in [-0.2, -0.15) is 0 Å². The second kappa shape index (κ2) is 8.26. The summed E-state index contributed by atoms with van der Waals surface area (Å²) in [6.07, 6.45) is 5.60. The highest BCUT2D eigenvalue weighted by molar-refractivity contribution is 5.87. The Hall–Kier alpha value is -1.99. The minimum Gasteiger partial charge on any atom is -0.469 e. The Balaban J connectivity index is 1.59. The molecule has 0 aromatic rings. The van der Waals surface area contributed by atoms with Gasteiger partial charge in [0.05, 0.1) is 18.8 Å². The van der Waals surface area contributed by atoms with Crippen LogP contribution in [0.5, 0.6) is 0 Å². The molecule has 1 spiro atoms. The summed E-state index contributed by atoms with van der Waals surface area (Å²) in [4.78, 5) is 38.2. The van der Waals surface area contributed by atoms with E-state index < -0.39 is 22.7 Å². The summed E-state index contributed by atoms with van der Waals surface area (Å²) in [5, 5.41) is 0. The molecular weight excluding hydrogens is 460 g/mol. The van der Waals surface area contributed by atoms with Crippen molar-refractivity contribution in [3.05, 3.63) is 23.8 Å². The quantitative estimate of drug-likeness (QED) is 0.414. The number of carbonyl (C=O) groups is 3. The van der Waals surface area contributed by atoms with Crippen molar-refractivity contribution in [2.24, 2.45) is 34.0 Å². The van der Waals surface area contributed by atoms with E-state index in [-0.39, 0.29) is 53.4 Å². The average Bonchev–Trinajstić information content (AvgIpc) is 3.20. The first-order chi connectivity index (χ1) is 16.9. The van der Waals surface area contributed by atoms with E-state index in [1.807, 2.05) is 13.8 Å².